The number of aliphatic hydroxyl groups is 1. The number of carbonyl (C=O) groups excluding carboxylic acids is 1. The summed E-state index contributed by atoms with van der Waals surface area (Å²) < 4.78 is 0. The van der Waals surface area contributed by atoms with E-state index in [-0.39, 0.29) is 25.5 Å². The Morgan fingerprint density at radius 3 is 2.76 bits per heavy atom. The minimum Gasteiger partial charge on any atom is -0.480 e. The fourth-order valence-corrected chi connectivity index (χ4v) is 2.11. The molecule has 0 fully saturated rings. The second-order valence-corrected chi connectivity index (χ2v) is 3.94. The largest absolute Gasteiger partial charge is 0.480 e. The van der Waals surface area contributed by atoms with Gasteiger partial charge in [-0.15, -0.1) is 0 Å². The second kappa shape index (κ2) is 4.55. The maximum absolute atomic E-state index is 12.1. The number of hydrogen-bond donors (Lipinski definition) is 2. The van der Waals surface area contributed by atoms with Gasteiger partial charge in [0.1, 0.15) is 6.04 Å². The summed E-state index contributed by atoms with van der Waals surface area (Å²) >= 11 is 0. The van der Waals surface area contributed by atoms with Crippen molar-refractivity contribution in [1.82, 2.24) is 4.90 Å². The van der Waals surface area contributed by atoms with Gasteiger partial charge in [-0.05, 0) is 11.6 Å². The molecule has 90 valence electrons. The average Bonchev–Trinajstić information content (AvgIpc) is 2.32. The highest BCUT2D eigenvalue weighted by Crippen LogP contribution is 2.23. The first-order chi connectivity index (χ1) is 8.15. The van der Waals surface area contributed by atoms with Crippen molar-refractivity contribution in [3.63, 3.8) is 0 Å². The summed E-state index contributed by atoms with van der Waals surface area (Å²) in [6.45, 7) is -0.193. The van der Waals surface area contributed by atoms with Gasteiger partial charge in [0.25, 0.3) is 5.91 Å². The topological polar surface area (TPSA) is 77.8 Å². The number of fused-ring (bicyclic) bond motifs is 1. The van der Waals surface area contributed by atoms with E-state index in [1.54, 1.807) is 24.3 Å². The lowest BCUT2D eigenvalue weighted by Crippen LogP contribution is -2.50. The molecule has 1 aliphatic heterocycles. The number of carboxylic acid groups (broad SMARTS) is 1. The first kappa shape index (κ1) is 11.6. The van der Waals surface area contributed by atoms with Gasteiger partial charge >= 0.3 is 5.97 Å². The van der Waals surface area contributed by atoms with Crippen molar-refractivity contribution in [3.05, 3.63) is 35.4 Å². The molecule has 0 aliphatic carbocycles. The van der Waals surface area contributed by atoms with Crippen LogP contribution in [0.2, 0.25) is 0 Å². The maximum Gasteiger partial charge on any atom is 0.326 e. The van der Waals surface area contributed by atoms with Gasteiger partial charge in [-0.25, -0.2) is 4.79 Å². The summed E-state index contributed by atoms with van der Waals surface area (Å²) in [5.41, 5.74) is 1.28. The summed E-state index contributed by atoms with van der Waals surface area (Å²) in [6, 6.07) is 6.09. The number of carbonyl (C=O) groups is 2. The van der Waals surface area contributed by atoms with Crippen LogP contribution in [-0.4, -0.2) is 46.2 Å². The van der Waals surface area contributed by atoms with Crippen molar-refractivity contribution in [2.75, 3.05) is 13.2 Å². The van der Waals surface area contributed by atoms with Crippen molar-refractivity contribution in [1.29, 1.82) is 0 Å². The summed E-state index contributed by atoms with van der Waals surface area (Å²) in [6.07, 6.45) is 0.289. The van der Waals surface area contributed by atoms with E-state index in [4.69, 9.17) is 10.2 Å². The monoisotopic (exact) mass is 235 g/mol. The van der Waals surface area contributed by atoms with Gasteiger partial charge in [0.05, 0.1) is 6.61 Å². The van der Waals surface area contributed by atoms with E-state index in [0.717, 1.165) is 5.56 Å². The number of carboxylic acids is 1. The average molecular weight is 235 g/mol. The molecule has 0 spiro atoms. The molecular formula is C12H13NO4. The van der Waals surface area contributed by atoms with E-state index < -0.39 is 12.0 Å². The highest BCUT2D eigenvalue weighted by molar-refractivity contribution is 5.99. The molecule has 0 saturated carbocycles. The molecule has 2 rings (SSSR count). The van der Waals surface area contributed by atoms with Crippen LogP contribution in [0.4, 0.5) is 0 Å². The lowest BCUT2D eigenvalue weighted by Gasteiger charge is -2.33. The third kappa shape index (κ3) is 2.01. The predicted molar refractivity (Wildman–Crippen MR) is 59.7 cm³/mol. The Morgan fingerprint density at radius 1 is 1.41 bits per heavy atom. The molecule has 1 aromatic carbocycles. The van der Waals surface area contributed by atoms with Crippen LogP contribution in [0.3, 0.4) is 0 Å². The number of β-amino-alcohol motifs (C(OH)–C–C–N with tert-alkyl or cyclic N) is 1. The first-order valence-corrected chi connectivity index (χ1v) is 5.37. The molecule has 0 radical (unpaired) electrons. The quantitative estimate of drug-likeness (QED) is 0.780. The molecule has 5 heteroatoms. The Morgan fingerprint density at radius 2 is 2.12 bits per heavy atom. The first-order valence-electron chi connectivity index (χ1n) is 5.37. The van der Waals surface area contributed by atoms with Crippen LogP contribution in [0, 0.1) is 0 Å². The molecule has 1 amide bonds. The van der Waals surface area contributed by atoms with Gasteiger partial charge in [0.2, 0.25) is 0 Å². The van der Waals surface area contributed by atoms with Crippen LogP contribution in [-0.2, 0) is 11.2 Å². The molecular weight excluding hydrogens is 222 g/mol. The fourth-order valence-electron chi connectivity index (χ4n) is 2.11. The van der Waals surface area contributed by atoms with E-state index in [9.17, 15) is 9.59 Å². The Hall–Kier alpha value is -1.88. The number of hydrogen-bond acceptors (Lipinski definition) is 3. The Balaban J connectivity index is 2.40. The summed E-state index contributed by atoms with van der Waals surface area (Å²) in [4.78, 5) is 24.4. The van der Waals surface area contributed by atoms with E-state index in [0.29, 0.717) is 5.56 Å². The molecule has 1 atom stereocenters. The molecule has 0 bridgehead atoms. The number of nitrogens with zero attached hydrogens (tertiary/aromatic N) is 1. The van der Waals surface area contributed by atoms with Crippen LogP contribution in [0.15, 0.2) is 24.3 Å². The molecule has 1 heterocycles. The van der Waals surface area contributed by atoms with Gasteiger partial charge in [-0.1, -0.05) is 18.2 Å². The third-order valence-electron chi connectivity index (χ3n) is 2.92. The van der Waals surface area contributed by atoms with Gasteiger partial charge < -0.3 is 15.1 Å². The van der Waals surface area contributed by atoms with Crippen molar-refractivity contribution in [3.8, 4) is 0 Å². The Labute approximate surface area is 98.3 Å². The van der Waals surface area contributed by atoms with Gasteiger partial charge in [0.15, 0.2) is 0 Å². The van der Waals surface area contributed by atoms with Crippen LogP contribution >= 0.6 is 0 Å². The number of benzene rings is 1. The van der Waals surface area contributed by atoms with E-state index in [1.165, 1.54) is 4.90 Å². The van der Waals surface area contributed by atoms with Crippen LogP contribution < -0.4 is 0 Å². The highest BCUT2D eigenvalue weighted by atomic mass is 16.4. The zero-order valence-electron chi connectivity index (χ0n) is 9.17. The summed E-state index contributed by atoms with van der Waals surface area (Å²) in [5, 5.41) is 18.0. The van der Waals surface area contributed by atoms with Gasteiger partial charge in [-0.3, -0.25) is 4.79 Å². The molecule has 1 aromatic rings. The Bertz CT molecular complexity index is 458. The summed E-state index contributed by atoms with van der Waals surface area (Å²) in [5.74, 6) is -1.37. The van der Waals surface area contributed by atoms with E-state index in [1.807, 2.05) is 0 Å². The predicted octanol–water partition coefficient (Wildman–Crippen LogP) is 0.130. The minimum absolute atomic E-state index is 0.0458. The Kier molecular flexibility index (Phi) is 3.10. The number of rotatable bonds is 3. The molecule has 2 N–H and O–H groups in total. The zero-order valence-corrected chi connectivity index (χ0v) is 9.17. The highest BCUT2D eigenvalue weighted by Gasteiger charge is 2.35. The third-order valence-corrected chi connectivity index (χ3v) is 2.92. The zero-order chi connectivity index (χ0) is 12.4. The fraction of sp³-hybridized carbons (Fsp3) is 0.333. The van der Waals surface area contributed by atoms with Crippen molar-refractivity contribution in [2.24, 2.45) is 0 Å². The van der Waals surface area contributed by atoms with Crippen LogP contribution in [0.5, 0.6) is 0 Å². The molecule has 5 nitrogen and oxygen atoms in total. The maximum atomic E-state index is 12.1. The van der Waals surface area contributed by atoms with Crippen molar-refractivity contribution in [2.45, 2.75) is 12.5 Å². The number of amides is 1. The number of aliphatic hydroxyl groups excluding tert-OH is 1. The number of aliphatic carboxylic acids is 1. The van der Waals surface area contributed by atoms with Crippen LogP contribution in [0.1, 0.15) is 15.9 Å². The lowest BCUT2D eigenvalue weighted by molar-refractivity contribution is -0.142. The van der Waals surface area contributed by atoms with Gasteiger partial charge in [-0.2, -0.15) is 0 Å². The van der Waals surface area contributed by atoms with E-state index in [2.05, 4.69) is 0 Å². The second-order valence-electron chi connectivity index (χ2n) is 3.94. The van der Waals surface area contributed by atoms with Gasteiger partial charge in [0, 0.05) is 18.5 Å². The SMILES string of the molecule is O=C(O)[C@@H]1Cc2ccccc2C(=O)N1CCO. The molecule has 1 aliphatic rings. The molecule has 17 heavy (non-hydrogen) atoms. The molecule has 0 aromatic heterocycles. The van der Waals surface area contributed by atoms with Crippen molar-refractivity contribution < 1.29 is 19.8 Å². The van der Waals surface area contributed by atoms with Crippen molar-refractivity contribution >= 4 is 11.9 Å². The standard InChI is InChI=1S/C12H13NO4/c14-6-5-13-10(12(16)17)7-8-3-1-2-4-9(8)11(13)15/h1-4,10,14H,5-7H2,(H,16,17)/t10-/m0/s1. The lowest BCUT2D eigenvalue weighted by atomic mass is 9.93. The molecule has 0 unspecified atom stereocenters. The summed E-state index contributed by atoms with van der Waals surface area (Å²) in [7, 11) is 0. The normalized spacial score (nSPS) is 19.0. The smallest absolute Gasteiger partial charge is 0.326 e. The minimum atomic E-state index is -1.04. The molecule has 0 saturated heterocycles. The van der Waals surface area contributed by atoms with E-state index >= 15 is 0 Å². The van der Waals surface area contributed by atoms with Crippen LogP contribution in [0.25, 0.3) is 0 Å².